The van der Waals surface area contributed by atoms with Gasteiger partial charge in [0, 0.05) is 12.8 Å². The molecule has 0 aliphatic rings. The summed E-state index contributed by atoms with van der Waals surface area (Å²) < 4.78 is 6.56. The minimum atomic E-state index is 0.236. The van der Waals surface area contributed by atoms with Crippen LogP contribution >= 0.6 is 11.3 Å². The first-order valence-corrected chi connectivity index (χ1v) is 11.1. The molecule has 0 fully saturated rings. The molecule has 0 aliphatic heterocycles. The van der Waals surface area contributed by atoms with Gasteiger partial charge in [-0.2, -0.15) is 9.97 Å². The number of furan rings is 1. The number of anilines is 1. The largest absolute Gasteiger partial charge is 0.508 e. The highest BCUT2D eigenvalue weighted by Gasteiger charge is 2.11. The molecule has 7 nitrogen and oxygen atoms in total. The molecular formula is C24H21N5O2S. The smallest absolute Gasteiger partial charge is 0.226 e. The molecule has 0 spiro atoms. The van der Waals surface area contributed by atoms with E-state index in [-0.39, 0.29) is 5.75 Å². The molecule has 5 aromatic rings. The van der Waals surface area contributed by atoms with Gasteiger partial charge in [-0.1, -0.05) is 18.2 Å². The van der Waals surface area contributed by atoms with Crippen LogP contribution < -0.4 is 5.32 Å². The number of benzene rings is 2. The lowest BCUT2D eigenvalue weighted by Gasteiger charge is -2.09. The van der Waals surface area contributed by atoms with Gasteiger partial charge in [-0.15, -0.1) is 11.3 Å². The van der Waals surface area contributed by atoms with Gasteiger partial charge in [-0.25, -0.2) is 9.97 Å². The number of rotatable bonds is 7. The number of aromatic hydroxyl groups is 1. The van der Waals surface area contributed by atoms with Crippen LogP contribution in [0.4, 0.5) is 5.95 Å². The van der Waals surface area contributed by atoms with Crippen LogP contribution in [0.3, 0.4) is 0 Å². The Hall–Kier alpha value is -3.78. The molecule has 32 heavy (non-hydrogen) atoms. The summed E-state index contributed by atoms with van der Waals surface area (Å²) in [6.07, 6.45) is 2.77. The molecule has 0 amide bonds. The van der Waals surface area contributed by atoms with Crippen molar-refractivity contribution in [3.8, 4) is 5.75 Å². The Bertz CT molecular complexity index is 1350. The maximum absolute atomic E-state index is 9.55. The summed E-state index contributed by atoms with van der Waals surface area (Å²) in [5.74, 6) is 2.90. The molecule has 3 heterocycles. The zero-order valence-corrected chi connectivity index (χ0v) is 18.3. The fraction of sp³-hybridized carbons (Fsp3) is 0.167. The van der Waals surface area contributed by atoms with E-state index in [1.807, 2.05) is 37.3 Å². The molecule has 0 atom stereocenters. The zero-order chi connectivity index (χ0) is 21.9. The van der Waals surface area contributed by atoms with Gasteiger partial charge >= 0.3 is 0 Å². The van der Waals surface area contributed by atoms with Crippen molar-refractivity contribution in [2.24, 2.45) is 0 Å². The number of phenols is 1. The van der Waals surface area contributed by atoms with Crippen LogP contribution in [0.5, 0.6) is 5.75 Å². The quantitative estimate of drug-likeness (QED) is 0.370. The van der Waals surface area contributed by atoms with E-state index in [0.717, 1.165) is 32.1 Å². The SMILES string of the molecule is Cc1nc2ccc(Cc3nc(Cc4ccc(O)cc4)nc(NCc4ccco4)n3)cc2s1. The highest BCUT2D eigenvalue weighted by Crippen LogP contribution is 2.23. The summed E-state index contributed by atoms with van der Waals surface area (Å²) in [6.45, 7) is 2.50. The maximum Gasteiger partial charge on any atom is 0.226 e. The molecule has 0 radical (unpaired) electrons. The molecule has 160 valence electrons. The van der Waals surface area contributed by atoms with Crippen molar-refractivity contribution in [1.29, 1.82) is 0 Å². The summed E-state index contributed by atoms with van der Waals surface area (Å²) in [4.78, 5) is 18.5. The highest BCUT2D eigenvalue weighted by atomic mass is 32.1. The van der Waals surface area contributed by atoms with Gasteiger partial charge in [-0.05, 0) is 54.4 Å². The third-order valence-corrected chi connectivity index (χ3v) is 5.88. The van der Waals surface area contributed by atoms with Crippen molar-refractivity contribution < 1.29 is 9.52 Å². The second-order valence-corrected chi connectivity index (χ2v) is 8.71. The standard InChI is InChI=1S/C24H21N5O2S/c1-15-26-20-9-6-17(11-21(20)32-15)13-23-27-22(12-16-4-7-18(30)8-5-16)28-24(29-23)25-14-19-3-2-10-31-19/h2-11,30H,12-14H2,1H3,(H,25,27,28,29). The lowest BCUT2D eigenvalue weighted by atomic mass is 10.1. The van der Waals surface area contributed by atoms with Crippen LogP contribution in [0, 0.1) is 6.92 Å². The molecule has 0 saturated carbocycles. The Morgan fingerprint density at radius 2 is 1.66 bits per heavy atom. The number of phenolic OH excluding ortho intramolecular Hbond substituents is 1. The Morgan fingerprint density at radius 1 is 0.906 bits per heavy atom. The first kappa shape index (κ1) is 20.1. The molecule has 5 rings (SSSR count). The molecule has 3 aromatic heterocycles. The van der Waals surface area contributed by atoms with E-state index in [9.17, 15) is 5.11 Å². The number of thiazole rings is 1. The van der Waals surface area contributed by atoms with Crippen LogP contribution in [0.1, 0.15) is 33.5 Å². The number of aryl methyl sites for hydroxylation is 1. The van der Waals surface area contributed by atoms with Crippen molar-refractivity contribution in [2.75, 3.05) is 5.32 Å². The molecule has 2 aromatic carbocycles. The van der Waals surface area contributed by atoms with E-state index in [4.69, 9.17) is 9.40 Å². The van der Waals surface area contributed by atoms with Gasteiger partial charge in [0.15, 0.2) is 0 Å². The van der Waals surface area contributed by atoms with Gasteiger partial charge in [0.1, 0.15) is 23.2 Å². The van der Waals surface area contributed by atoms with E-state index in [1.54, 1.807) is 29.7 Å². The van der Waals surface area contributed by atoms with Crippen LogP contribution in [0.15, 0.2) is 65.3 Å². The minimum absolute atomic E-state index is 0.236. The van der Waals surface area contributed by atoms with Crippen molar-refractivity contribution in [3.63, 3.8) is 0 Å². The molecule has 8 heteroatoms. The zero-order valence-electron chi connectivity index (χ0n) is 17.4. The monoisotopic (exact) mass is 443 g/mol. The molecular weight excluding hydrogens is 422 g/mol. The molecule has 0 saturated heterocycles. The lowest BCUT2D eigenvalue weighted by Crippen LogP contribution is -2.10. The second kappa shape index (κ2) is 8.76. The fourth-order valence-corrected chi connectivity index (χ4v) is 4.35. The van der Waals surface area contributed by atoms with Crippen LogP contribution in [-0.4, -0.2) is 25.0 Å². The predicted octanol–water partition coefficient (Wildman–Crippen LogP) is 4.88. The fourth-order valence-electron chi connectivity index (χ4n) is 3.46. The highest BCUT2D eigenvalue weighted by molar-refractivity contribution is 7.18. The second-order valence-electron chi connectivity index (χ2n) is 7.48. The Morgan fingerprint density at radius 3 is 2.41 bits per heavy atom. The van der Waals surface area contributed by atoms with E-state index in [0.29, 0.717) is 37.0 Å². The van der Waals surface area contributed by atoms with E-state index >= 15 is 0 Å². The normalized spacial score (nSPS) is 11.2. The summed E-state index contributed by atoms with van der Waals surface area (Å²) in [5.41, 5.74) is 3.15. The number of nitrogens with one attached hydrogen (secondary N) is 1. The van der Waals surface area contributed by atoms with Crippen molar-refractivity contribution >= 4 is 27.5 Å². The lowest BCUT2D eigenvalue weighted by molar-refractivity contribution is 0.475. The van der Waals surface area contributed by atoms with E-state index < -0.39 is 0 Å². The van der Waals surface area contributed by atoms with Crippen molar-refractivity contribution in [1.82, 2.24) is 19.9 Å². The Kier molecular flexibility index (Phi) is 5.51. The molecule has 0 bridgehead atoms. The summed E-state index contributed by atoms with van der Waals surface area (Å²) in [7, 11) is 0. The number of hydrogen-bond acceptors (Lipinski definition) is 8. The Balaban J connectivity index is 1.43. The van der Waals surface area contributed by atoms with Gasteiger partial charge < -0.3 is 14.8 Å². The van der Waals surface area contributed by atoms with Crippen LogP contribution in [0.25, 0.3) is 10.2 Å². The average molecular weight is 444 g/mol. The summed E-state index contributed by atoms with van der Waals surface area (Å²) >= 11 is 1.69. The van der Waals surface area contributed by atoms with Gasteiger partial charge in [0.05, 0.1) is 28.0 Å². The third-order valence-electron chi connectivity index (χ3n) is 4.95. The maximum atomic E-state index is 9.55. The molecule has 2 N–H and O–H groups in total. The number of nitrogens with zero attached hydrogens (tertiary/aromatic N) is 4. The van der Waals surface area contributed by atoms with Crippen molar-refractivity contribution in [3.05, 3.63) is 94.4 Å². The molecule has 0 aliphatic carbocycles. The number of hydrogen-bond donors (Lipinski definition) is 2. The minimum Gasteiger partial charge on any atom is -0.508 e. The number of aromatic nitrogens is 4. The van der Waals surface area contributed by atoms with Crippen molar-refractivity contribution in [2.45, 2.75) is 26.3 Å². The first-order valence-electron chi connectivity index (χ1n) is 10.2. The molecule has 0 unspecified atom stereocenters. The predicted molar refractivity (Wildman–Crippen MR) is 124 cm³/mol. The van der Waals surface area contributed by atoms with Gasteiger partial charge in [-0.3, -0.25) is 0 Å². The Labute approximate surface area is 188 Å². The van der Waals surface area contributed by atoms with E-state index in [1.165, 1.54) is 0 Å². The summed E-state index contributed by atoms with van der Waals surface area (Å²) in [5, 5.41) is 13.8. The average Bonchev–Trinajstić information content (AvgIpc) is 3.42. The summed E-state index contributed by atoms with van der Waals surface area (Å²) in [6, 6.07) is 17.1. The topological polar surface area (TPSA) is 97.0 Å². The first-order chi connectivity index (χ1) is 15.6. The van der Waals surface area contributed by atoms with Crippen LogP contribution in [-0.2, 0) is 19.4 Å². The van der Waals surface area contributed by atoms with Gasteiger partial charge in [0.25, 0.3) is 0 Å². The third kappa shape index (κ3) is 4.76. The number of fused-ring (bicyclic) bond motifs is 1. The van der Waals surface area contributed by atoms with Crippen LogP contribution in [0.2, 0.25) is 0 Å². The van der Waals surface area contributed by atoms with Gasteiger partial charge in [0.2, 0.25) is 5.95 Å². The van der Waals surface area contributed by atoms with E-state index in [2.05, 4.69) is 32.4 Å².